The molecule has 0 aliphatic heterocycles. The molecule has 0 spiro atoms. The van der Waals surface area contributed by atoms with Gasteiger partial charge in [-0.05, 0) is 119 Å². The summed E-state index contributed by atoms with van der Waals surface area (Å²) >= 11 is 10.9. The smallest absolute Gasteiger partial charge is 0.265 e. The van der Waals surface area contributed by atoms with Crippen molar-refractivity contribution in [3.8, 4) is 61.3 Å². The van der Waals surface area contributed by atoms with Crippen LogP contribution in [0.4, 0.5) is 0 Å². The third-order valence-corrected chi connectivity index (χ3v) is 29.1. The standard InChI is InChI=1S/C92H118N2O2S6/c1-5-9-13-17-21-25-27-31-35-39-45-67(43-37-33-29-23-19-15-11-7-3)63-71-51-55-79(99-71)81-59-57-77(101-81)69-49-53-73-75(65-69)93-89-85(73)87(83-47-41-61-97-83)92(96)94-76-66-70(50-54-74(76)86(90(89)94)88(91(93)95)84-48-42-62-98-84)78-58-60-82(102-78)80-56-52-72(100-80)64-68(44-38-34-30-24-20-16-12-8-4)46-40-36-32-28-26-22-18-14-10-6-2/h41-42,47-62,65-68H,5-40,43-46,63-64H2,1-4H3. The Bertz CT molecular complexity index is 4240. The Kier molecular flexibility index (Phi) is 29.9. The molecule has 2 atom stereocenters. The maximum absolute atomic E-state index is 16.0. The van der Waals surface area contributed by atoms with Crippen molar-refractivity contribution < 1.29 is 0 Å². The van der Waals surface area contributed by atoms with E-state index in [9.17, 15) is 0 Å². The highest BCUT2D eigenvalue weighted by molar-refractivity contribution is 7.24. The molecular weight excluding hydrogens is 1360 g/mol. The molecule has 0 aliphatic carbocycles. The molecule has 0 saturated carbocycles. The summed E-state index contributed by atoms with van der Waals surface area (Å²) in [6.07, 6.45) is 57.7. The summed E-state index contributed by atoms with van der Waals surface area (Å²) in [5, 5.41) is 7.74. The highest BCUT2D eigenvalue weighted by Crippen LogP contribution is 2.48. The molecule has 10 heteroatoms. The summed E-state index contributed by atoms with van der Waals surface area (Å²) in [4.78, 5) is 44.5. The summed E-state index contributed by atoms with van der Waals surface area (Å²) in [6.45, 7) is 9.25. The van der Waals surface area contributed by atoms with Crippen LogP contribution < -0.4 is 11.1 Å². The van der Waals surface area contributed by atoms with Crippen LogP contribution in [-0.2, 0) is 12.8 Å². The molecule has 0 amide bonds. The molecule has 10 heterocycles. The lowest BCUT2D eigenvalue weighted by Crippen LogP contribution is -2.19. The normalized spacial score (nSPS) is 12.8. The van der Waals surface area contributed by atoms with Gasteiger partial charge >= 0.3 is 0 Å². The van der Waals surface area contributed by atoms with E-state index in [0.29, 0.717) is 11.1 Å². The molecule has 12 aromatic rings. The number of nitrogens with zero attached hydrogens (tertiary/aromatic N) is 2. The summed E-state index contributed by atoms with van der Waals surface area (Å²) in [5.41, 5.74) is 6.75. The molecule has 0 aliphatic rings. The molecule has 0 bridgehead atoms. The fourth-order valence-electron chi connectivity index (χ4n) is 16.7. The first-order valence-electron chi connectivity index (χ1n) is 41.0. The minimum Gasteiger partial charge on any atom is -0.273 e. The Balaban J connectivity index is 0.802. The van der Waals surface area contributed by atoms with Crippen LogP contribution >= 0.6 is 68.0 Å². The fourth-order valence-corrected chi connectivity index (χ4v) is 22.7. The van der Waals surface area contributed by atoms with Crippen LogP contribution in [0.15, 0.2) is 130 Å². The van der Waals surface area contributed by atoms with E-state index in [2.05, 4.69) is 136 Å². The van der Waals surface area contributed by atoms with Gasteiger partial charge in [0, 0.05) is 70.3 Å². The third-order valence-electron chi connectivity index (χ3n) is 22.5. The summed E-state index contributed by atoms with van der Waals surface area (Å²) in [6, 6.07) is 40.4. The van der Waals surface area contributed by atoms with Crippen LogP contribution in [0.2, 0.25) is 0 Å². The first-order valence-corrected chi connectivity index (χ1v) is 46.1. The Hall–Kier alpha value is -5.20. The largest absolute Gasteiger partial charge is 0.273 e. The third kappa shape index (κ3) is 19.5. The van der Waals surface area contributed by atoms with E-state index in [1.54, 1.807) is 22.7 Å². The lowest BCUT2D eigenvalue weighted by molar-refractivity contribution is 0.401. The van der Waals surface area contributed by atoms with Crippen LogP contribution in [0.3, 0.4) is 0 Å². The van der Waals surface area contributed by atoms with E-state index >= 15 is 9.59 Å². The van der Waals surface area contributed by atoms with Crippen molar-refractivity contribution >= 4 is 112 Å². The number of rotatable bonds is 50. The van der Waals surface area contributed by atoms with Crippen LogP contribution in [0.5, 0.6) is 0 Å². The van der Waals surface area contributed by atoms with Crippen LogP contribution in [0, 0.1) is 11.8 Å². The monoisotopic (exact) mass is 1470 g/mol. The second-order valence-corrected chi connectivity index (χ2v) is 36.8. The molecule has 544 valence electrons. The Morgan fingerprint density at radius 1 is 0.304 bits per heavy atom. The molecule has 0 radical (unpaired) electrons. The zero-order valence-corrected chi connectivity index (χ0v) is 67.5. The van der Waals surface area contributed by atoms with Gasteiger partial charge in [-0.25, -0.2) is 0 Å². The summed E-state index contributed by atoms with van der Waals surface area (Å²) in [5.74, 6) is 1.50. The Morgan fingerprint density at radius 2 is 0.598 bits per heavy atom. The number of unbranched alkanes of at least 4 members (excludes halogenated alkanes) is 32. The topological polar surface area (TPSA) is 43.0 Å². The second-order valence-electron chi connectivity index (χ2n) is 30.4. The van der Waals surface area contributed by atoms with Gasteiger partial charge in [-0.15, -0.1) is 68.0 Å². The predicted molar refractivity (Wildman–Crippen MR) is 457 cm³/mol. The maximum atomic E-state index is 16.0. The average Bonchev–Trinajstić information content (AvgIpc) is 1.51. The number of fused-ring (bicyclic) bond motifs is 6. The molecule has 102 heavy (non-hydrogen) atoms. The molecule has 4 nitrogen and oxygen atoms in total. The van der Waals surface area contributed by atoms with Crippen LogP contribution in [-0.4, -0.2) is 8.80 Å². The van der Waals surface area contributed by atoms with E-state index in [0.717, 1.165) is 76.3 Å². The fraction of sp³-hybridized carbons (Fsp3) is 0.522. The van der Waals surface area contributed by atoms with Crippen molar-refractivity contribution in [2.24, 2.45) is 11.8 Å². The first kappa shape index (κ1) is 76.4. The van der Waals surface area contributed by atoms with E-state index in [4.69, 9.17) is 0 Å². The number of aromatic nitrogens is 2. The second kappa shape index (κ2) is 40.0. The van der Waals surface area contributed by atoms with Gasteiger partial charge in [-0.1, -0.05) is 321 Å². The van der Waals surface area contributed by atoms with E-state index in [-0.39, 0.29) is 11.1 Å². The number of hydrogen-bond acceptors (Lipinski definition) is 8. The van der Waals surface area contributed by atoms with Crippen molar-refractivity contribution in [3.05, 3.63) is 150 Å². The maximum Gasteiger partial charge on any atom is 0.265 e. The molecule has 0 fully saturated rings. The summed E-state index contributed by atoms with van der Waals surface area (Å²) < 4.78 is 3.97. The van der Waals surface area contributed by atoms with Gasteiger partial charge in [-0.2, -0.15) is 0 Å². The first-order chi connectivity index (χ1) is 50.3. The molecule has 12 rings (SSSR count). The average molecular weight is 1480 g/mol. The quantitative estimate of drug-likeness (QED) is 0.0357. The van der Waals surface area contributed by atoms with Crippen LogP contribution in [0.1, 0.15) is 294 Å². The van der Waals surface area contributed by atoms with Gasteiger partial charge in [0.05, 0.1) is 33.2 Å². The lowest BCUT2D eigenvalue weighted by Gasteiger charge is -2.16. The van der Waals surface area contributed by atoms with Gasteiger partial charge in [0.2, 0.25) is 0 Å². The molecule has 2 aromatic carbocycles. The highest BCUT2D eigenvalue weighted by atomic mass is 32.1. The molecular formula is C92H118N2O2S6. The molecule has 2 unspecified atom stereocenters. The van der Waals surface area contributed by atoms with Gasteiger partial charge in [0.1, 0.15) is 0 Å². The van der Waals surface area contributed by atoms with Crippen molar-refractivity contribution in [3.63, 3.8) is 0 Å². The number of pyridine rings is 2. The summed E-state index contributed by atoms with van der Waals surface area (Å²) in [7, 11) is 0. The predicted octanol–water partition coefficient (Wildman–Crippen LogP) is 31.6. The minimum atomic E-state index is -0.0419. The molecule has 10 aromatic heterocycles. The van der Waals surface area contributed by atoms with E-state index in [1.807, 2.05) is 66.3 Å². The molecule has 0 saturated heterocycles. The number of benzene rings is 2. The van der Waals surface area contributed by atoms with Gasteiger partial charge in [-0.3, -0.25) is 18.4 Å². The van der Waals surface area contributed by atoms with E-state index in [1.165, 1.54) is 309 Å². The van der Waals surface area contributed by atoms with Crippen molar-refractivity contribution in [1.82, 2.24) is 8.80 Å². The Morgan fingerprint density at radius 3 is 0.912 bits per heavy atom. The van der Waals surface area contributed by atoms with Gasteiger partial charge in [0.25, 0.3) is 11.1 Å². The number of thiophene rings is 6. The zero-order chi connectivity index (χ0) is 70.2. The van der Waals surface area contributed by atoms with Crippen molar-refractivity contribution in [1.29, 1.82) is 0 Å². The van der Waals surface area contributed by atoms with Gasteiger partial charge < -0.3 is 0 Å². The minimum absolute atomic E-state index is 0.0419. The van der Waals surface area contributed by atoms with Gasteiger partial charge in [0.15, 0.2) is 0 Å². The van der Waals surface area contributed by atoms with Crippen molar-refractivity contribution in [2.75, 3.05) is 0 Å². The SMILES string of the molecule is CCCCCCCCCCCCC(CCCCCCCCCC)Cc1ccc(-c2ccc(-c3ccc4c5c(-c6cccs6)c(=O)n6c7cc(-c8ccc(-c9ccc(CC(CCCCCCCCCC)CCCCCCCCCCCC)s9)s8)ccc7c7c(-c8cccs8)c(=O)n(c4c3)c5c76)s2)s1. The van der Waals surface area contributed by atoms with E-state index < -0.39 is 0 Å². The van der Waals surface area contributed by atoms with Crippen LogP contribution in [0.25, 0.3) is 105 Å². The lowest BCUT2D eigenvalue weighted by atomic mass is 9.91. The number of hydrogen-bond donors (Lipinski definition) is 0. The molecule has 0 N–H and O–H groups in total. The van der Waals surface area contributed by atoms with Crippen molar-refractivity contribution in [2.45, 2.75) is 297 Å². The highest BCUT2D eigenvalue weighted by Gasteiger charge is 2.31. The zero-order valence-electron chi connectivity index (χ0n) is 62.6. The Labute approximate surface area is 636 Å².